The normalized spacial score (nSPS) is 25.5. The number of hydrogen-bond donors (Lipinski definition) is 2. The highest BCUT2D eigenvalue weighted by molar-refractivity contribution is 7.19. The lowest BCUT2D eigenvalue weighted by Gasteiger charge is -2.43. The Kier molecular flexibility index (Phi) is 7.45. The Morgan fingerprint density at radius 1 is 1.14 bits per heavy atom. The Labute approximate surface area is 210 Å². The second kappa shape index (κ2) is 10.7. The fraction of sp³-hybridized carbons (Fsp3) is 0.708. The Hall–Kier alpha value is -2.37. The van der Waals surface area contributed by atoms with Gasteiger partial charge in [-0.25, -0.2) is 0 Å². The first-order valence-electron chi connectivity index (χ1n) is 12.7. The van der Waals surface area contributed by atoms with Gasteiger partial charge in [0.05, 0.1) is 19.1 Å². The Morgan fingerprint density at radius 3 is 2.77 bits per heavy atom. The zero-order chi connectivity index (χ0) is 24.3. The van der Waals surface area contributed by atoms with E-state index in [0.717, 1.165) is 38.4 Å². The maximum atomic E-state index is 12.7. The summed E-state index contributed by atoms with van der Waals surface area (Å²) in [4.78, 5) is 17.4. The first kappa shape index (κ1) is 24.3. The van der Waals surface area contributed by atoms with Crippen molar-refractivity contribution in [2.24, 2.45) is 5.41 Å². The van der Waals surface area contributed by atoms with Gasteiger partial charge in [0.15, 0.2) is 5.82 Å². The third kappa shape index (κ3) is 6.45. The number of carbonyl (C=O) groups is 1. The Morgan fingerprint density at radius 2 is 1.97 bits per heavy atom. The van der Waals surface area contributed by atoms with Gasteiger partial charge in [0.25, 0.3) is 0 Å². The van der Waals surface area contributed by atoms with Crippen molar-refractivity contribution in [2.75, 3.05) is 48.3 Å². The number of amides is 1. The van der Waals surface area contributed by atoms with Crippen LogP contribution in [-0.2, 0) is 9.53 Å². The van der Waals surface area contributed by atoms with Gasteiger partial charge in [-0.15, -0.1) is 15.3 Å². The molecule has 2 atom stereocenters. The van der Waals surface area contributed by atoms with Crippen LogP contribution in [0.3, 0.4) is 0 Å². The molecule has 2 unspecified atom stereocenters. The molecule has 4 heterocycles. The first-order chi connectivity index (χ1) is 16.9. The summed E-state index contributed by atoms with van der Waals surface area (Å²) in [6.07, 6.45) is 7.95. The quantitative estimate of drug-likeness (QED) is 0.593. The number of ether oxygens (including phenoxy) is 1. The van der Waals surface area contributed by atoms with Crippen LogP contribution in [0, 0.1) is 5.41 Å². The van der Waals surface area contributed by atoms with Crippen LogP contribution in [0.2, 0.25) is 0 Å². The molecule has 3 aliphatic rings. The molecule has 2 saturated heterocycles. The predicted octanol–water partition coefficient (Wildman–Crippen LogP) is 3.02. The van der Waals surface area contributed by atoms with E-state index in [-0.39, 0.29) is 18.1 Å². The van der Waals surface area contributed by atoms with Crippen LogP contribution in [0.15, 0.2) is 18.3 Å². The summed E-state index contributed by atoms with van der Waals surface area (Å²) in [5.74, 6) is 0.817. The topological polar surface area (TPSA) is 108 Å². The second-order valence-electron chi connectivity index (χ2n) is 10.7. The van der Waals surface area contributed by atoms with Crippen LogP contribution in [0.25, 0.3) is 0 Å². The van der Waals surface area contributed by atoms with E-state index in [4.69, 9.17) is 4.74 Å². The number of rotatable bonds is 7. The number of nitrogens with one attached hydrogen (secondary N) is 2. The van der Waals surface area contributed by atoms with E-state index >= 15 is 0 Å². The molecule has 1 saturated carbocycles. The van der Waals surface area contributed by atoms with E-state index in [9.17, 15) is 4.79 Å². The molecule has 3 fully saturated rings. The number of morpholine rings is 1. The molecular weight excluding hydrogens is 464 g/mol. The molecule has 0 spiro atoms. The fourth-order valence-corrected chi connectivity index (χ4v) is 6.12. The maximum Gasteiger partial charge on any atom is 0.228 e. The average molecular weight is 501 g/mol. The highest BCUT2D eigenvalue weighted by atomic mass is 32.1. The lowest BCUT2D eigenvalue weighted by Crippen LogP contribution is -2.50. The van der Waals surface area contributed by atoms with Gasteiger partial charge < -0.3 is 20.3 Å². The summed E-state index contributed by atoms with van der Waals surface area (Å²) >= 11 is 1.37. The summed E-state index contributed by atoms with van der Waals surface area (Å²) < 4.78 is 5.93. The molecular formula is C24H36N8O2S. The highest BCUT2D eigenvalue weighted by Crippen LogP contribution is 2.37. The van der Waals surface area contributed by atoms with Crippen LogP contribution >= 0.6 is 11.3 Å². The SMILES string of the molecule is CC1(C)CCC(N2CCOC(CC(=O)Nc3nnc(NC4CCN(c5cccnn5)C4)s3)C2)CC1. The van der Waals surface area contributed by atoms with Gasteiger partial charge in [-0.1, -0.05) is 25.2 Å². The van der Waals surface area contributed by atoms with Gasteiger partial charge in [0.2, 0.25) is 16.2 Å². The average Bonchev–Trinajstić information content (AvgIpc) is 3.49. The number of hydrogen-bond acceptors (Lipinski definition) is 10. The molecule has 2 aromatic rings. The molecule has 35 heavy (non-hydrogen) atoms. The van der Waals surface area contributed by atoms with Gasteiger partial charge in [0.1, 0.15) is 0 Å². The Balaban J connectivity index is 1.06. The predicted molar refractivity (Wildman–Crippen MR) is 137 cm³/mol. The molecule has 0 radical (unpaired) electrons. The minimum Gasteiger partial charge on any atom is -0.375 e. The van der Waals surface area contributed by atoms with Crippen molar-refractivity contribution in [1.29, 1.82) is 0 Å². The van der Waals surface area contributed by atoms with Crippen molar-refractivity contribution in [1.82, 2.24) is 25.3 Å². The maximum absolute atomic E-state index is 12.7. The van der Waals surface area contributed by atoms with Crippen molar-refractivity contribution in [3.05, 3.63) is 18.3 Å². The third-order valence-corrected chi connectivity index (χ3v) is 8.25. The van der Waals surface area contributed by atoms with Gasteiger partial charge in [-0.3, -0.25) is 9.69 Å². The summed E-state index contributed by atoms with van der Waals surface area (Å²) in [7, 11) is 0. The molecule has 1 aliphatic carbocycles. The molecule has 0 bridgehead atoms. The monoisotopic (exact) mass is 500 g/mol. The second-order valence-corrected chi connectivity index (χ2v) is 11.7. The number of aromatic nitrogens is 4. The van der Waals surface area contributed by atoms with E-state index in [2.05, 4.69) is 54.7 Å². The van der Waals surface area contributed by atoms with Crippen LogP contribution in [-0.4, -0.2) is 82.2 Å². The molecule has 5 rings (SSSR count). The lowest BCUT2D eigenvalue weighted by molar-refractivity contribution is -0.122. The molecule has 2 aromatic heterocycles. The first-order valence-corrected chi connectivity index (χ1v) is 13.5. The third-order valence-electron chi connectivity index (χ3n) is 7.48. The molecule has 190 valence electrons. The zero-order valence-corrected chi connectivity index (χ0v) is 21.5. The van der Waals surface area contributed by atoms with Crippen molar-refractivity contribution < 1.29 is 9.53 Å². The van der Waals surface area contributed by atoms with E-state index in [1.807, 2.05) is 12.1 Å². The molecule has 10 nitrogen and oxygen atoms in total. The molecule has 0 aromatic carbocycles. The summed E-state index contributed by atoms with van der Waals surface area (Å²) in [6.45, 7) is 8.95. The van der Waals surface area contributed by atoms with Crippen molar-refractivity contribution in [3.63, 3.8) is 0 Å². The molecule has 1 amide bonds. The molecule has 2 aliphatic heterocycles. The molecule has 2 N–H and O–H groups in total. The lowest BCUT2D eigenvalue weighted by atomic mass is 9.75. The van der Waals surface area contributed by atoms with Crippen LogP contribution in [0.5, 0.6) is 0 Å². The standard InChI is InChI=1S/C24H36N8O2S/c1-24(2)8-5-18(6-9-24)31-12-13-34-19(16-31)14-21(33)27-23-30-29-22(35-23)26-17-7-11-32(15-17)20-4-3-10-25-28-20/h3-4,10,17-19H,5-9,11-16H2,1-2H3,(H,26,29)(H,27,30,33). The smallest absolute Gasteiger partial charge is 0.228 e. The van der Waals surface area contributed by atoms with Gasteiger partial charge in [0, 0.05) is 44.5 Å². The zero-order valence-electron chi connectivity index (χ0n) is 20.7. The number of anilines is 3. The Bertz CT molecular complexity index is 977. The van der Waals surface area contributed by atoms with Crippen molar-refractivity contribution in [2.45, 2.75) is 70.6 Å². The van der Waals surface area contributed by atoms with Crippen molar-refractivity contribution in [3.8, 4) is 0 Å². The summed E-state index contributed by atoms with van der Waals surface area (Å²) in [6, 6.07) is 4.74. The number of carbonyl (C=O) groups excluding carboxylic acids is 1. The van der Waals surface area contributed by atoms with Crippen molar-refractivity contribution >= 4 is 33.3 Å². The van der Waals surface area contributed by atoms with E-state index in [1.165, 1.54) is 37.0 Å². The minimum atomic E-state index is -0.0743. The fourth-order valence-electron chi connectivity index (χ4n) is 5.38. The van der Waals surface area contributed by atoms with E-state index in [0.29, 0.717) is 34.7 Å². The van der Waals surface area contributed by atoms with Crippen LogP contribution in [0.1, 0.15) is 52.4 Å². The minimum absolute atomic E-state index is 0.0704. The largest absolute Gasteiger partial charge is 0.375 e. The van der Waals surface area contributed by atoms with Gasteiger partial charge >= 0.3 is 0 Å². The highest BCUT2D eigenvalue weighted by Gasteiger charge is 2.33. The van der Waals surface area contributed by atoms with Gasteiger partial charge in [-0.05, 0) is 49.7 Å². The van der Waals surface area contributed by atoms with E-state index < -0.39 is 0 Å². The summed E-state index contributed by atoms with van der Waals surface area (Å²) in [5, 5.41) is 24.1. The van der Waals surface area contributed by atoms with Crippen LogP contribution in [0.4, 0.5) is 16.1 Å². The summed E-state index contributed by atoms with van der Waals surface area (Å²) in [5.41, 5.74) is 0.464. The van der Waals surface area contributed by atoms with E-state index in [1.54, 1.807) is 6.20 Å². The van der Waals surface area contributed by atoms with Gasteiger partial charge in [-0.2, -0.15) is 5.10 Å². The number of nitrogens with zero attached hydrogens (tertiary/aromatic N) is 6. The van der Waals surface area contributed by atoms with Crippen LogP contribution < -0.4 is 15.5 Å². The molecule has 11 heteroatoms.